The van der Waals surface area contributed by atoms with Gasteiger partial charge in [0.15, 0.2) is 0 Å². The fourth-order valence-electron chi connectivity index (χ4n) is 1.85. The van der Waals surface area contributed by atoms with E-state index in [0.717, 1.165) is 21.3 Å². The van der Waals surface area contributed by atoms with Crippen molar-refractivity contribution in [2.45, 2.75) is 23.6 Å². The largest absolute Gasteiger partial charge is 0.478 e. The normalized spacial score (nSPS) is 9.36. The predicted octanol–water partition coefficient (Wildman–Crippen LogP) is 4.99. The summed E-state index contributed by atoms with van der Waals surface area (Å²) in [6, 6.07) is 14.1. The molecule has 2 rings (SSSR count). The molecule has 0 radical (unpaired) electrons. The monoisotopic (exact) mass is 470 g/mol. The first kappa shape index (κ1) is 23.7. The van der Waals surface area contributed by atoms with Gasteiger partial charge in [-0.1, -0.05) is 38.1 Å². The Morgan fingerprint density at radius 3 is 1.36 bits per heavy atom. The number of benzene rings is 2. The summed E-state index contributed by atoms with van der Waals surface area (Å²) in [5, 5.41) is 17.6. The summed E-state index contributed by atoms with van der Waals surface area (Å²) < 4.78 is 0. The van der Waals surface area contributed by atoms with Gasteiger partial charge >= 0.3 is 11.9 Å². The second-order valence-corrected chi connectivity index (χ2v) is 7.08. The molecule has 0 amide bonds. The van der Waals surface area contributed by atoms with Crippen LogP contribution in [0.3, 0.4) is 0 Å². The molecule has 0 heterocycles. The molecule has 2 N–H and O–H groups in total. The van der Waals surface area contributed by atoms with E-state index in [1.54, 1.807) is 47.8 Å². The van der Waals surface area contributed by atoms with Crippen molar-refractivity contribution < 1.29 is 40.2 Å². The number of carboxylic acid groups (broad SMARTS) is 2. The zero-order chi connectivity index (χ0) is 17.9. The number of hydrogen-bond acceptors (Lipinski definition) is 4. The van der Waals surface area contributed by atoms with Gasteiger partial charge in [0.05, 0.1) is 11.1 Å². The van der Waals surface area contributed by atoms with Crippen molar-refractivity contribution in [3.8, 4) is 0 Å². The van der Waals surface area contributed by atoms with Crippen LogP contribution >= 0.6 is 23.5 Å². The van der Waals surface area contributed by atoms with Crippen LogP contribution in [0.5, 0.6) is 0 Å². The summed E-state index contributed by atoms with van der Waals surface area (Å²) in [6.45, 7) is 4.01. The Hall–Kier alpha value is -1.26. The molecular weight excluding hydrogens is 451 g/mol. The number of hydrogen-bond donors (Lipinski definition) is 2. The average Bonchev–Trinajstić information content (AvgIpc) is 2.57. The van der Waals surface area contributed by atoms with Crippen LogP contribution in [0.15, 0.2) is 58.3 Å². The van der Waals surface area contributed by atoms with E-state index in [2.05, 4.69) is 0 Å². The molecule has 7 heteroatoms. The Bertz CT molecular complexity index is 633. The molecule has 0 aliphatic rings. The van der Waals surface area contributed by atoms with Gasteiger partial charge in [0.25, 0.3) is 0 Å². The number of carboxylic acids is 2. The van der Waals surface area contributed by atoms with E-state index in [4.69, 9.17) is 10.2 Å². The van der Waals surface area contributed by atoms with Crippen molar-refractivity contribution in [2.75, 3.05) is 11.5 Å². The number of aromatic carboxylic acids is 2. The van der Waals surface area contributed by atoms with Gasteiger partial charge < -0.3 is 10.2 Å². The van der Waals surface area contributed by atoms with Crippen LogP contribution < -0.4 is 0 Å². The summed E-state index contributed by atoms with van der Waals surface area (Å²) in [7, 11) is 0. The fraction of sp³-hybridized carbons (Fsp3) is 0.222. The third-order valence-corrected chi connectivity index (χ3v) is 4.75. The predicted molar refractivity (Wildman–Crippen MR) is 99.6 cm³/mol. The third-order valence-electron chi connectivity index (χ3n) is 2.83. The second-order valence-electron chi connectivity index (χ2n) is 4.47. The Morgan fingerprint density at radius 1 is 0.760 bits per heavy atom. The summed E-state index contributed by atoms with van der Waals surface area (Å²) in [4.78, 5) is 23.0. The maximum Gasteiger partial charge on any atom is 0.336 e. The van der Waals surface area contributed by atoms with Gasteiger partial charge in [-0.05, 0) is 35.8 Å². The zero-order valence-corrected chi connectivity index (χ0v) is 17.1. The van der Waals surface area contributed by atoms with Crippen LogP contribution in [0.2, 0.25) is 0 Å². The first-order chi connectivity index (χ1) is 11.5. The summed E-state index contributed by atoms with van der Waals surface area (Å²) in [6.07, 6.45) is 0. The van der Waals surface area contributed by atoms with Gasteiger partial charge in [0, 0.05) is 30.2 Å². The van der Waals surface area contributed by atoms with Gasteiger partial charge in [0.2, 0.25) is 0 Å². The van der Waals surface area contributed by atoms with Crippen molar-refractivity contribution in [3.63, 3.8) is 0 Å². The molecule has 0 aromatic heterocycles. The second kappa shape index (κ2) is 13.0. The van der Waals surface area contributed by atoms with Gasteiger partial charge in [0.1, 0.15) is 0 Å². The maximum absolute atomic E-state index is 10.7. The first-order valence-electron chi connectivity index (χ1n) is 7.41. The van der Waals surface area contributed by atoms with Crippen LogP contribution in [0, 0.1) is 0 Å². The Labute approximate surface area is 170 Å². The molecule has 0 atom stereocenters. The Kier molecular flexibility index (Phi) is 12.4. The molecule has 138 valence electrons. The Morgan fingerprint density at radius 2 is 1.08 bits per heavy atom. The fourth-order valence-corrected chi connectivity index (χ4v) is 3.44. The van der Waals surface area contributed by atoms with Gasteiger partial charge in [-0.25, -0.2) is 9.59 Å². The first-order valence-corrected chi connectivity index (χ1v) is 9.38. The van der Waals surface area contributed by atoms with Crippen LogP contribution in [0.4, 0.5) is 0 Å². The molecular formula is C18H20O4PdS2. The zero-order valence-electron chi connectivity index (χ0n) is 13.9. The molecule has 0 aliphatic carbocycles. The number of thioether (sulfide) groups is 2. The van der Waals surface area contributed by atoms with Gasteiger partial charge in [-0.2, -0.15) is 0 Å². The standard InChI is InChI=1S/2C9H10O2S.Pd/c2*1-2-12-8-6-4-3-5-7(8)9(10)11;/h2*3-6H,2H2,1H3,(H,10,11);. The average molecular weight is 471 g/mol. The van der Waals surface area contributed by atoms with Crippen molar-refractivity contribution in [1.82, 2.24) is 0 Å². The minimum absolute atomic E-state index is 0. The van der Waals surface area contributed by atoms with Crippen LogP contribution in [0.1, 0.15) is 34.6 Å². The molecule has 0 unspecified atom stereocenters. The molecule has 0 bridgehead atoms. The minimum Gasteiger partial charge on any atom is -0.478 e. The summed E-state index contributed by atoms with van der Waals surface area (Å²) in [5.74, 6) is 0.0762. The van der Waals surface area contributed by atoms with Crippen LogP contribution in [0.25, 0.3) is 0 Å². The van der Waals surface area contributed by atoms with E-state index in [1.165, 1.54) is 0 Å². The maximum atomic E-state index is 10.7. The quantitative estimate of drug-likeness (QED) is 0.457. The van der Waals surface area contributed by atoms with E-state index in [1.807, 2.05) is 38.1 Å². The molecule has 0 saturated heterocycles. The molecule has 2 aromatic rings. The molecule has 4 nitrogen and oxygen atoms in total. The van der Waals surface area contributed by atoms with E-state index in [9.17, 15) is 9.59 Å². The van der Waals surface area contributed by atoms with Crippen molar-refractivity contribution in [2.24, 2.45) is 0 Å². The number of carbonyl (C=O) groups is 2. The topological polar surface area (TPSA) is 74.6 Å². The van der Waals surface area contributed by atoms with Gasteiger partial charge in [-0.3, -0.25) is 0 Å². The molecule has 0 fully saturated rings. The van der Waals surface area contributed by atoms with Gasteiger partial charge in [-0.15, -0.1) is 23.5 Å². The third kappa shape index (κ3) is 8.11. The minimum atomic E-state index is -0.855. The SMILES string of the molecule is CCSc1ccccc1C(=O)O.CCSc1ccccc1C(=O)O.[Pd]. The summed E-state index contributed by atoms with van der Waals surface area (Å²) in [5.41, 5.74) is 0.786. The van der Waals surface area contributed by atoms with E-state index in [-0.39, 0.29) is 20.4 Å². The molecule has 25 heavy (non-hydrogen) atoms. The van der Waals surface area contributed by atoms with Crippen molar-refractivity contribution in [1.29, 1.82) is 0 Å². The Balaban J connectivity index is 0.000000443. The molecule has 0 spiro atoms. The van der Waals surface area contributed by atoms with E-state index >= 15 is 0 Å². The molecule has 2 aromatic carbocycles. The van der Waals surface area contributed by atoms with E-state index < -0.39 is 11.9 Å². The molecule has 0 aliphatic heterocycles. The smallest absolute Gasteiger partial charge is 0.336 e. The van der Waals surface area contributed by atoms with E-state index in [0.29, 0.717) is 11.1 Å². The van der Waals surface area contributed by atoms with Crippen LogP contribution in [-0.2, 0) is 20.4 Å². The van der Waals surface area contributed by atoms with Crippen LogP contribution in [-0.4, -0.2) is 33.7 Å². The van der Waals surface area contributed by atoms with Crippen molar-refractivity contribution >= 4 is 35.5 Å². The van der Waals surface area contributed by atoms with Crippen molar-refractivity contribution in [3.05, 3.63) is 59.7 Å². The molecule has 0 saturated carbocycles. The summed E-state index contributed by atoms with van der Waals surface area (Å²) >= 11 is 3.10. The number of rotatable bonds is 6.